The van der Waals surface area contributed by atoms with E-state index < -0.39 is 11.3 Å². The number of fused-ring (bicyclic) bond motifs is 1. The van der Waals surface area contributed by atoms with Crippen molar-refractivity contribution in [3.05, 3.63) is 36.0 Å². The highest BCUT2D eigenvalue weighted by Crippen LogP contribution is 2.46. The third kappa shape index (κ3) is 4.03. The number of rotatable bonds is 4. The number of hydrogen-bond donors (Lipinski definition) is 1. The summed E-state index contributed by atoms with van der Waals surface area (Å²) in [6.07, 6.45) is 5.54. The molecule has 1 saturated carbocycles. The minimum atomic E-state index is -1.38. The number of benzene rings is 1. The van der Waals surface area contributed by atoms with Crippen LogP contribution < -0.4 is 15.1 Å². The zero-order chi connectivity index (χ0) is 25.7. The lowest BCUT2D eigenvalue weighted by Crippen LogP contribution is -2.56. The third-order valence-corrected chi connectivity index (χ3v) is 8.41. The molecule has 10 nitrogen and oxygen atoms in total. The standard InChI is InChI=1S/C27H33N7O3/c1-31-11-13-33(14-12-31)20-9-7-19(8-10-20)29-26-28-17-18-15-27(16-22(35)32(2)24(27)36)25(37)34(23(18)30-26)21-5-3-4-6-21/h7-10,17,21H,3-6,11-16H2,1-2H3,(H,28,29,30). The molecule has 0 bridgehead atoms. The molecule has 37 heavy (non-hydrogen) atoms. The van der Waals surface area contributed by atoms with Crippen LogP contribution in [0.1, 0.15) is 37.7 Å². The minimum absolute atomic E-state index is 0.0251. The second-order valence-corrected chi connectivity index (χ2v) is 10.8. The molecule has 1 spiro atoms. The van der Waals surface area contributed by atoms with E-state index in [9.17, 15) is 14.4 Å². The van der Waals surface area contributed by atoms with E-state index >= 15 is 0 Å². The number of likely N-dealkylation sites (N-methyl/N-ethyl adjacent to an activating group) is 1. The Balaban J connectivity index is 1.28. The first-order chi connectivity index (χ1) is 17.9. The smallest absolute Gasteiger partial charge is 0.245 e. The van der Waals surface area contributed by atoms with Crippen LogP contribution in [-0.4, -0.2) is 83.8 Å². The number of amides is 3. The first kappa shape index (κ1) is 23.8. The lowest BCUT2D eigenvalue weighted by Gasteiger charge is -2.40. The summed E-state index contributed by atoms with van der Waals surface area (Å²) in [7, 11) is 3.61. The second kappa shape index (κ2) is 9.09. The lowest BCUT2D eigenvalue weighted by molar-refractivity contribution is -0.144. The maximum absolute atomic E-state index is 13.9. The summed E-state index contributed by atoms with van der Waals surface area (Å²) in [6.45, 7) is 4.12. The predicted molar refractivity (Wildman–Crippen MR) is 140 cm³/mol. The van der Waals surface area contributed by atoms with Gasteiger partial charge in [0.1, 0.15) is 11.2 Å². The zero-order valence-electron chi connectivity index (χ0n) is 21.4. The van der Waals surface area contributed by atoms with E-state index in [1.807, 2.05) is 12.1 Å². The first-order valence-corrected chi connectivity index (χ1v) is 13.2. The molecular weight excluding hydrogens is 470 g/mol. The number of hydrogen-bond acceptors (Lipinski definition) is 8. The van der Waals surface area contributed by atoms with Gasteiger partial charge in [-0.2, -0.15) is 4.98 Å². The fourth-order valence-corrected chi connectivity index (χ4v) is 6.16. The van der Waals surface area contributed by atoms with Crippen molar-refractivity contribution >= 4 is 40.9 Å². The van der Waals surface area contributed by atoms with E-state index in [4.69, 9.17) is 4.98 Å². The molecule has 3 amide bonds. The molecule has 1 unspecified atom stereocenters. The largest absolute Gasteiger partial charge is 0.369 e. The molecule has 3 aliphatic heterocycles. The number of aromatic nitrogens is 2. The normalized spacial score (nSPS) is 24.9. The van der Waals surface area contributed by atoms with E-state index in [2.05, 4.69) is 39.3 Å². The van der Waals surface area contributed by atoms with Crippen molar-refractivity contribution in [2.24, 2.45) is 5.41 Å². The van der Waals surface area contributed by atoms with Crippen LogP contribution in [0.3, 0.4) is 0 Å². The van der Waals surface area contributed by atoms with Gasteiger partial charge in [-0.25, -0.2) is 4.98 Å². The zero-order valence-corrected chi connectivity index (χ0v) is 21.4. The van der Waals surface area contributed by atoms with Crippen molar-refractivity contribution in [1.29, 1.82) is 0 Å². The van der Waals surface area contributed by atoms with Crippen LogP contribution in [-0.2, 0) is 20.8 Å². The molecule has 10 heteroatoms. The van der Waals surface area contributed by atoms with Crippen LogP contribution >= 0.6 is 0 Å². The molecule has 0 radical (unpaired) electrons. The van der Waals surface area contributed by atoms with Crippen LogP contribution in [0.25, 0.3) is 0 Å². The quantitative estimate of drug-likeness (QED) is 0.501. The van der Waals surface area contributed by atoms with E-state index in [1.165, 1.54) is 12.7 Å². The molecule has 2 saturated heterocycles. The topological polar surface area (TPSA) is 102 Å². The Kier molecular flexibility index (Phi) is 5.86. The average molecular weight is 504 g/mol. The molecule has 4 aliphatic rings. The summed E-state index contributed by atoms with van der Waals surface area (Å²) in [5, 5.41) is 3.28. The number of imide groups is 1. The van der Waals surface area contributed by atoms with Gasteiger partial charge in [-0.1, -0.05) is 12.8 Å². The summed E-state index contributed by atoms with van der Waals surface area (Å²) in [5.41, 5.74) is 1.41. The molecule has 1 aromatic heterocycles. The number of piperazine rings is 1. The van der Waals surface area contributed by atoms with Crippen molar-refractivity contribution < 1.29 is 14.4 Å². The fourth-order valence-electron chi connectivity index (χ4n) is 6.16. The highest BCUT2D eigenvalue weighted by Gasteiger charge is 2.60. The summed E-state index contributed by atoms with van der Waals surface area (Å²) < 4.78 is 0. The van der Waals surface area contributed by atoms with Crippen LogP contribution in [0, 0.1) is 5.41 Å². The Bertz CT molecular complexity index is 1240. The third-order valence-electron chi connectivity index (χ3n) is 8.41. The molecule has 4 heterocycles. The van der Waals surface area contributed by atoms with Crippen LogP contribution in [0.5, 0.6) is 0 Å². The van der Waals surface area contributed by atoms with Gasteiger partial charge in [-0.05, 0) is 44.2 Å². The molecule has 2 aromatic rings. The van der Waals surface area contributed by atoms with Gasteiger partial charge < -0.3 is 15.1 Å². The van der Waals surface area contributed by atoms with Gasteiger partial charge >= 0.3 is 0 Å². The molecular formula is C27H33N7O3. The second-order valence-electron chi connectivity index (χ2n) is 10.8. The number of nitrogens with zero attached hydrogens (tertiary/aromatic N) is 6. The maximum atomic E-state index is 13.9. The fraction of sp³-hybridized carbons (Fsp3) is 0.519. The molecule has 3 fully saturated rings. The van der Waals surface area contributed by atoms with Crippen LogP contribution in [0.2, 0.25) is 0 Å². The summed E-state index contributed by atoms with van der Waals surface area (Å²) >= 11 is 0. The summed E-state index contributed by atoms with van der Waals surface area (Å²) in [5.74, 6) is -0.0605. The van der Waals surface area contributed by atoms with Crippen molar-refractivity contribution in [2.45, 2.75) is 44.6 Å². The van der Waals surface area contributed by atoms with Gasteiger partial charge in [0, 0.05) is 68.8 Å². The monoisotopic (exact) mass is 503 g/mol. The number of carbonyl (C=O) groups is 3. The van der Waals surface area contributed by atoms with E-state index in [0.29, 0.717) is 11.8 Å². The Morgan fingerprint density at radius 1 is 0.919 bits per heavy atom. The maximum Gasteiger partial charge on any atom is 0.245 e. The predicted octanol–water partition coefficient (Wildman–Crippen LogP) is 2.18. The van der Waals surface area contributed by atoms with Crippen molar-refractivity contribution in [2.75, 3.05) is 55.4 Å². The Morgan fingerprint density at radius 2 is 1.62 bits per heavy atom. The molecule has 6 rings (SSSR count). The van der Waals surface area contributed by atoms with Crippen LogP contribution in [0.4, 0.5) is 23.1 Å². The van der Waals surface area contributed by atoms with Crippen LogP contribution in [0.15, 0.2) is 30.5 Å². The Hall–Kier alpha value is -3.53. The highest BCUT2D eigenvalue weighted by molar-refractivity contribution is 6.21. The number of anilines is 4. The van der Waals surface area contributed by atoms with E-state index in [1.54, 1.807) is 11.1 Å². The number of carbonyl (C=O) groups excluding carboxylic acids is 3. The van der Waals surface area contributed by atoms with Gasteiger partial charge in [-0.15, -0.1) is 0 Å². The van der Waals surface area contributed by atoms with Gasteiger partial charge in [0.2, 0.25) is 23.7 Å². The molecule has 1 aliphatic carbocycles. The van der Waals surface area contributed by atoms with Gasteiger partial charge in [0.05, 0.1) is 6.42 Å². The summed E-state index contributed by atoms with van der Waals surface area (Å²) in [6, 6.07) is 8.21. The first-order valence-electron chi connectivity index (χ1n) is 13.2. The Labute approximate surface area is 216 Å². The SMILES string of the molecule is CN1CCN(c2ccc(Nc3ncc4c(n3)N(C3CCCC3)C(=O)C3(CC(=O)N(C)C3=O)C4)cc2)CC1. The molecule has 1 aromatic carbocycles. The molecule has 1 N–H and O–H groups in total. The Morgan fingerprint density at radius 3 is 2.27 bits per heavy atom. The lowest BCUT2D eigenvalue weighted by atomic mass is 9.76. The van der Waals surface area contributed by atoms with Crippen molar-refractivity contribution in [1.82, 2.24) is 19.8 Å². The molecule has 1 atom stereocenters. The number of likely N-dealkylation sites (tertiary alicyclic amines) is 1. The summed E-state index contributed by atoms with van der Waals surface area (Å²) in [4.78, 5) is 56.3. The number of nitrogens with one attached hydrogen (secondary N) is 1. The van der Waals surface area contributed by atoms with E-state index in [-0.39, 0.29) is 30.7 Å². The average Bonchev–Trinajstić information content (AvgIpc) is 3.50. The molecule has 194 valence electrons. The van der Waals surface area contributed by atoms with Gasteiger partial charge in [0.25, 0.3) is 0 Å². The minimum Gasteiger partial charge on any atom is -0.369 e. The van der Waals surface area contributed by atoms with Gasteiger partial charge in [-0.3, -0.25) is 24.2 Å². The van der Waals surface area contributed by atoms with E-state index in [0.717, 1.165) is 68.0 Å². The van der Waals surface area contributed by atoms with Gasteiger partial charge in [0.15, 0.2) is 0 Å². The highest BCUT2D eigenvalue weighted by atomic mass is 16.2. The van der Waals surface area contributed by atoms with Crippen molar-refractivity contribution in [3.8, 4) is 0 Å². The van der Waals surface area contributed by atoms with Crippen molar-refractivity contribution in [3.63, 3.8) is 0 Å².